The van der Waals surface area contributed by atoms with E-state index in [-0.39, 0.29) is 17.5 Å². The Labute approximate surface area is 118 Å². The van der Waals surface area contributed by atoms with Crippen molar-refractivity contribution in [1.29, 1.82) is 0 Å². The number of benzene rings is 1. The van der Waals surface area contributed by atoms with E-state index in [0.717, 1.165) is 24.0 Å². The monoisotopic (exact) mass is 276 g/mol. The number of carboxylic acid groups (broad SMARTS) is 1. The molecule has 0 saturated carbocycles. The Bertz CT molecular complexity index is 526. The maximum absolute atomic E-state index is 12.1. The molecule has 1 aliphatic heterocycles. The summed E-state index contributed by atoms with van der Waals surface area (Å²) in [5.41, 5.74) is 7.91. The number of amides is 1. The molecule has 0 bridgehead atoms. The lowest BCUT2D eigenvalue weighted by Crippen LogP contribution is -2.25. The van der Waals surface area contributed by atoms with Crippen molar-refractivity contribution in [3.8, 4) is 0 Å². The van der Waals surface area contributed by atoms with Crippen LogP contribution in [0.2, 0.25) is 0 Å². The van der Waals surface area contributed by atoms with Crippen molar-refractivity contribution in [2.24, 2.45) is 5.73 Å². The van der Waals surface area contributed by atoms with E-state index in [1.54, 1.807) is 23.1 Å². The van der Waals surface area contributed by atoms with Gasteiger partial charge in [-0.05, 0) is 43.0 Å². The van der Waals surface area contributed by atoms with E-state index in [0.29, 0.717) is 19.5 Å². The molecule has 1 aliphatic rings. The van der Waals surface area contributed by atoms with Crippen molar-refractivity contribution < 1.29 is 14.7 Å². The molecule has 5 nitrogen and oxygen atoms in total. The van der Waals surface area contributed by atoms with Crippen LogP contribution in [0.25, 0.3) is 0 Å². The van der Waals surface area contributed by atoms with Crippen LogP contribution in [-0.2, 0) is 17.9 Å². The van der Waals surface area contributed by atoms with Crippen molar-refractivity contribution in [3.63, 3.8) is 0 Å². The Morgan fingerprint density at radius 1 is 1.35 bits per heavy atom. The van der Waals surface area contributed by atoms with Gasteiger partial charge in [0.25, 0.3) is 0 Å². The van der Waals surface area contributed by atoms with Crippen LogP contribution in [-0.4, -0.2) is 27.9 Å². The number of carboxylic acids is 1. The predicted octanol–water partition coefficient (Wildman–Crippen LogP) is 1.74. The van der Waals surface area contributed by atoms with Crippen LogP contribution in [0.5, 0.6) is 0 Å². The van der Waals surface area contributed by atoms with Crippen molar-refractivity contribution in [2.75, 3.05) is 0 Å². The molecule has 1 heterocycles. The molecule has 1 unspecified atom stereocenters. The smallest absolute Gasteiger partial charge is 0.335 e. The van der Waals surface area contributed by atoms with E-state index in [1.165, 1.54) is 0 Å². The van der Waals surface area contributed by atoms with E-state index in [4.69, 9.17) is 10.8 Å². The predicted molar refractivity (Wildman–Crippen MR) is 75.2 cm³/mol. The minimum absolute atomic E-state index is 0.110. The molecule has 1 aromatic carbocycles. The molecular formula is C15H20N2O3. The number of aromatic carboxylic acids is 1. The fourth-order valence-corrected chi connectivity index (χ4v) is 2.44. The minimum Gasteiger partial charge on any atom is -0.478 e. The Hall–Kier alpha value is -1.88. The normalized spacial score (nSPS) is 15.0. The standard InChI is InChI=1S/C15H20N2O3/c1-10(16)3-2-4-14(18)17-8-12-6-5-11(15(19)20)7-13(12)9-17/h5-7,10H,2-4,8-9,16H2,1H3,(H,19,20). The SMILES string of the molecule is CC(N)CCCC(=O)N1Cc2ccc(C(=O)O)cc2C1. The summed E-state index contributed by atoms with van der Waals surface area (Å²) in [6, 6.07) is 5.17. The molecule has 1 amide bonds. The number of nitrogens with zero attached hydrogens (tertiary/aromatic N) is 1. The van der Waals surface area contributed by atoms with E-state index in [1.807, 2.05) is 6.92 Å². The molecule has 0 aliphatic carbocycles. The summed E-state index contributed by atoms with van der Waals surface area (Å²) < 4.78 is 0. The lowest BCUT2D eigenvalue weighted by Gasteiger charge is -2.15. The summed E-state index contributed by atoms with van der Waals surface area (Å²) in [7, 11) is 0. The summed E-state index contributed by atoms with van der Waals surface area (Å²) in [5, 5.41) is 8.97. The fourth-order valence-electron chi connectivity index (χ4n) is 2.44. The lowest BCUT2D eigenvalue weighted by molar-refractivity contribution is -0.131. The second-order valence-electron chi connectivity index (χ2n) is 5.41. The van der Waals surface area contributed by atoms with E-state index < -0.39 is 5.97 Å². The zero-order valence-electron chi connectivity index (χ0n) is 11.6. The zero-order valence-corrected chi connectivity index (χ0v) is 11.6. The Morgan fingerprint density at radius 3 is 2.70 bits per heavy atom. The summed E-state index contributed by atoms with van der Waals surface area (Å²) in [6.45, 7) is 3.02. The van der Waals surface area contributed by atoms with Crippen molar-refractivity contribution >= 4 is 11.9 Å². The van der Waals surface area contributed by atoms with Crippen molar-refractivity contribution in [1.82, 2.24) is 4.90 Å². The molecule has 3 N–H and O–H groups in total. The van der Waals surface area contributed by atoms with Gasteiger partial charge in [-0.1, -0.05) is 6.07 Å². The largest absolute Gasteiger partial charge is 0.478 e. The average molecular weight is 276 g/mol. The topological polar surface area (TPSA) is 83.6 Å². The van der Waals surface area contributed by atoms with Gasteiger partial charge in [0.05, 0.1) is 5.56 Å². The molecule has 0 saturated heterocycles. The first-order chi connectivity index (χ1) is 9.47. The highest BCUT2D eigenvalue weighted by Crippen LogP contribution is 2.24. The van der Waals surface area contributed by atoms with Crippen LogP contribution in [0.1, 0.15) is 47.7 Å². The summed E-state index contributed by atoms with van der Waals surface area (Å²) in [4.78, 5) is 24.8. The third kappa shape index (κ3) is 3.36. The highest BCUT2D eigenvalue weighted by Gasteiger charge is 2.23. The van der Waals surface area contributed by atoms with Crippen LogP contribution in [0.15, 0.2) is 18.2 Å². The first-order valence-electron chi connectivity index (χ1n) is 6.86. The number of nitrogens with two attached hydrogens (primary N) is 1. The molecule has 0 spiro atoms. The van der Waals surface area contributed by atoms with Crippen LogP contribution in [0.4, 0.5) is 0 Å². The minimum atomic E-state index is -0.936. The number of rotatable bonds is 5. The van der Waals surface area contributed by atoms with Crippen molar-refractivity contribution in [3.05, 3.63) is 34.9 Å². The number of fused-ring (bicyclic) bond motifs is 1. The van der Waals surface area contributed by atoms with Gasteiger partial charge >= 0.3 is 5.97 Å². The van der Waals surface area contributed by atoms with Gasteiger partial charge < -0.3 is 15.7 Å². The summed E-state index contributed by atoms with van der Waals surface area (Å²) >= 11 is 0. The Kier molecular flexibility index (Phi) is 4.39. The second kappa shape index (κ2) is 6.05. The highest BCUT2D eigenvalue weighted by molar-refractivity contribution is 5.88. The molecule has 2 rings (SSSR count). The van der Waals surface area contributed by atoms with Gasteiger partial charge in [-0.25, -0.2) is 4.79 Å². The molecule has 0 aromatic heterocycles. The highest BCUT2D eigenvalue weighted by atomic mass is 16.4. The first kappa shape index (κ1) is 14.5. The maximum atomic E-state index is 12.1. The molecular weight excluding hydrogens is 256 g/mol. The van der Waals surface area contributed by atoms with E-state index >= 15 is 0 Å². The molecule has 1 aromatic rings. The second-order valence-corrected chi connectivity index (χ2v) is 5.41. The molecule has 0 radical (unpaired) electrons. The van der Waals surface area contributed by atoms with Gasteiger partial charge in [-0.3, -0.25) is 4.79 Å². The quantitative estimate of drug-likeness (QED) is 0.858. The summed E-state index contributed by atoms with van der Waals surface area (Å²) in [6.07, 6.45) is 2.14. The Balaban J connectivity index is 1.95. The van der Waals surface area contributed by atoms with Gasteiger partial charge in [0.15, 0.2) is 0 Å². The number of hydrogen-bond acceptors (Lipinski definition) is 3. The third-order valence-corrected chi connectivity index (χ3v) is 3.58. The zero-order chi connectivity index (χ0) is 14.7. The van der Waals surface area contributed by atoms with Crippen LogP contribution in [0, 0.1) is 0 Å². The summed E-state index contributed by atoms with van der Waals surface area (Å²) in [5.74, 6) is -0.826. The Morgan fingerprint density at radius 2 is 2.05 bits per heavy atom. The van der Waals surface area contributed by atoms with Gasteiger partial charge in [0.1, 0.15) is 0 Å². The van der Waals surface area contributed by atoms with Gasteiger partial charge in [-0.2, -0.15) is 0 Å². The van der Waals surface area contributed by atoms with Gasteiger partial charge in [-0.15, -0.1) is 0 Å². The molecule has 5 heteroatoms. The third-order valence-electron chi connectivity index (χ3n) is 3.58. The lowest BCUT2D eigenvalue weighted by atomic mass is 10.1. The van der Waals surface area contributed by atoms with Crippen molar-refractivity contribution in [2.45, 2.75) is 45.3 Å². The van der Waals surface area contributed by atoms with Crippen LogP contribution >= 0.6 is 0 Å². The van der Waals surface area contributed by atoms with Crippen LogP contribution < -0.4 is 5.73 Å². The fraction of sp³-hybridized carbons (Fsp3) is 0.467. The van der Waals surface area contributed by atoms with Crippen LogP contribution in [0.3, 0.4) is 0 Å². The molecule has 20 heavy (non-hydrogen) atoms. The van der Waals surface area contributed by atoms with E-state index in [9.17, 15) is 9.59 Å². The number of carbonyl (C=O) groups is 2. The van der Waals surface area contributed by atoms with Gasteiger partial charge in [0, 0.05) is 25.6 Å². The maximum Gasteiger partial charge on any atom is 0.335 e. The average Bonchev–Trinajstić information content (AvgIpc) is 2.80. The number of carbonyl (C=O) groups excluding carboxylic acids is 1. The van der Waals surface area contributed by atoms with E-state index in [2.05, 4.69) is 0 Å². The van der Waals surface area contributed by atoms with Gasteiger partial charge in [0.2, 0.25) is 5.91 Å². The molecule has 1 atom stereocenters. The first-order valence-corrected chi connectivity index (χ1v) is 6.86. The molecule has 0 fully saturated rings. The number of hydrogen-bond donors (Lipinski definition) is 2. The molecule has 108 valence electrons.